The number of aryl methyl sites for hydroxylation is 1. The molecule has 0 aliphatic carbocycles. The Morgan fingerprint density at radius 3 is 3.03 bits per heavy atom. The number of hydroxylamine groups is 2. The Bertz CT molecular complexity index is 1190. The van der Waals surface area contributed by atoms with Gasteiger partial charge in [-0.1, -0.05) is 13.0 Å². The molecule has 1 atom stereocenters. The monoisotopic (exact) mass is 420 g/mol. The van der Waals surface area contributed by atoms with Gasteiger partial charge in [-0.3, -0.25) is 0 Å². The molecule has 1 aromatic carbocycles. The van der Waals surface area contributed by atoms with Crippen molar-refractivity contribution >= 4 is 22.6 Å². The Balaban J connectivity index is 1.58. The summed E-state index contributed by atoms with van der Waals surface area (Å²) >= 11 is 0. The number of carbonyl (C=O) groups excluding carboxylic acids is 1. The van der Waals surface area contributed by atoms with Crippen LogP contribution in [-0.4, -0.2) is 40.4 Å². The van der Waals surface area contributed by atoms with E-state index in [1.54, 1.807) is 11.1 Å². The first kappa shape index (κ1) is 19.6. The van der Waals surface area contributed by atoms with Crippen molar-refractivity contribution in [2.45, 2.75) is 39.8 Å². The van der Waals surface area contributed by atoms with Gasteiger partial charge in [0.15, 0.2) is 18.5 Å². The standard InChI is InChI=1S/C24H24N2O5/c1-4-13(3)11-29-14-6-7-19-16(8-14)15(5-2)18-10-26-20(22(18)25-19)9-17-21(31-26)12-30-24(28)23(17)27/h4,6-9,23,27H,5,10-12H2,1-3H3/b13-4-. The largest absolute Gasteiger partial charge is 0.489 e. The lowest BCUT2D eigenvalue weighted by molar-refractivity contribution is -0.159. The second-order valence-corrected chi connectivity index (χ2v) is 7.92. The van der Waals surface area contributed by atoms with Gasteiger partial charge in [0.25, 0.3) is 0 Å². The molecule has 3 aliphatic heterocycles. The van der Waals surface area contributed by atoms with Gasteiger partial charge in [-0.25, -0.2) is 14.8 Å². The molecular weight excluding hydrogens is 396 g/mol. The molecule has 7 heteroatoms. The Labute approximate surface area is 180 Å². The summed E-state index contributed by atoms with van der Waals surface area (Å²) < 4.78 is 10.9. The first-order valence-corrected chi connectivity index (χ1v) is 10.5. The predicted molar refractivity (Wildman–Crippen MR) is 115 cm³/mol. The van der Waals surface area contributed by atoms with Crippen LogP contribution >= 0.6 is 0 Å². The molecule has 0 fully saturated rings. The second-order valence-electron chi connectivity index (χ2n) is 7.92. The van der Waals surface area contributed by atoms with E-state index in [-0.39, 0.29) is 6.61 Å². The number of hydrogen-bond donors (Lipinski definition) is 1. The average molecular weight is 420 g/mol. The molecular formula is C24H24N2O5. The van der Waals surface area contributed by atoms with Crippen LogP contribution in [0.25, 0.3) is 16.6 Å². The van der Waals surface area contributed by atoms with Crippen molar-refractivity contribution in [3.63, 3.8) is 0 Å². The maximum Gasteiger partial charge on any atom is 0.340 e. The van der Waals surface area contributed by atoms with E-state index in [2.05, 4.69) is 13.0 Å². The van der Waals surface area contributed by atoms with Crippen molar-refractivity contribution in [3.05, 3.63) is 64.1 Å². The van der Waals surface area contributed by atoms with Gasteiger partial charge in [0.05, 0.1) is 17.8 Å². The molecule has 4 heterocycles. The van der Waals surface area contributed by atoms with E-state index < -0.39 is 12.1 Å². The minimum atomic E-state index is -1.34. The Hall–Kier alpha value is -3.32. The van der Waals surface area contributed by atoms with Crippen LogP contribution in [0, 0.1) is 0 Å². The van der Waals surface area contributed by atoms with Gasteiger partial charge in [0.1, 0.15) is 18.1 Å². The number of pyridine rings is 1. The van der Waals surface area contributed by atoms with Crippen molar-refractivity contribution < 1.29 is 24.2 Å². The summed E-state index contributed by atoms with van der Waals surface area (Å²) in [7, 11) is 0. The molecule has 0 saturated carbocycles. The number of fused-ring (bicyclic) bond motifs is 4. The van der Waals surface area contributed by atoms with Crippen LogP contribution in [0.5, 0.6) is 5.75 Å². The lowest BCUT2D eigenvalue weighted by Gasteiger charge is -2.31. The number of aliphatic hydroxyl groups excluding tert-OH is 1. The fourth-order valence-electron chi connectivity index (χ4n) is 4.17. The summed E-state index contributed by atoms with van der Waals surface area (Å²) in [5.74, 6) is 0.612. The van der Waals surface area contributed by atoms with E-state index >= 15 is 0 Å². The smallest absolute Gasteiger partial charge is 0.340 e. The van der Waals surface area contributed by atoms with E-state index in [0.717, 1.165) is 40.0 Å². The summed E-state index contributed by atoms with van der Waals surface area (Å²) in [6.07, 6.45) is 3.33. The molecule has 0 radical (unpaired) electrons. The summed E-state index contributed by atoms with van der Waals surface area (Å²) in [5.41, 5.74) is 6.34. The normalized spacial score (nSPS) is 20.1. The highest BCUT2D eigenvalue weighted by Gasteiger charge is 2.39. The molecule has 31 heavy (non-hydrogen) atoms. The molecule has 0 saturated heterocycles. The molecule has 7 nitrogen and oxygen atoms in total. The van der Waals surface area contributed by atoms with Crippen LogP contribution in [0.15, 0.2) is 47.3 Å². The molecule has 0 amide bonds. The average Bonchev–Trinajstić information content (AvgIpc) is 3.14. The zero-order chi connectivity index (χ0) is 21.7. The van der Waals surface area contributed by atoms with E-state index in [4.69, 9.17) is 19.3 Å². The second kappa shape index (κ2) is 7.42. The minimum absolute atomic E-state index is 0.0181. The molecule has 1 unspecified atom stereocenters. The number of aliphatic hydroxyl groups is 1. The van der Waals surface area contributed by atoms with Crippen molar-refractivity contribution in [1.29, 1.82) is 0 Å². The molecule has 0 bridgehead atoms. The van der Waals surface area contributed by atoms with Crippen LogP contribution in [-0.2, 0) is 27.3 Å². The van der Waals surface area contributed by atoms with Gasteiger partial charge in [-0.2, -0.15) is 0 Å². The van der Waals surface area contributed by atoms with E-state index in [0.29, 0.717) is 24.5 Å². The number of rotatable bonds is 4. The minimum Gasteiger partial charge on any atom is -0.489 e. The SMILES string of the molecule is C/C=C(/C)COc1ccc2nc3c(c(CC)c2c1)CN1OC2=C(C=C31)C(O)C(=O)OC2. The van der Waals surface area contributed by atoms with Gasteiger partial charge in [-0.05, 0) is 55.7 Å². The van der Waals surface area contributed by atoms with Gasteiger partial charge in [0, 0.05) is 16.5 Å². The fourth-order valence-corrected chi connectivity index (χ4v) is 4.17. The lowest BCUT2D eigenvalue weighted by Crippen LogP contribution is -2.36. The van der Waals surface area contributed by atoms with E-state index in [1.807, 2.05) is 32.1 Å². The number of cyclic esters (lactones) is 1. The van der Waals surface area contributed by atoms with Crippen LogP contribution < -0.4 is 4.74 Å². The molecule has 5 rings (SSSR count). The third-order valence-corrected chi connectivity index (χ3v) is 6.00. The summed E-state index contributed by atoms with van der Waals surface area (Å²) in [6.45, 7) is 7.27. The van der Waals surface area contributed by atoms with Gasteiger partial charge < -0.3 is 19.4 Å². The zero-order valence-corrected chi connectivity index (χ0v) is 17.8. The third kappa shape index (κ3) is 3.16. The van der Waals surface area contributed by atoms with Gasteiger partial charge >= 0.3 is 5.97 Å². The number of ether oxygens (including phenoxy) is 2. The Kier molecular flexibility index (Phi) is 4.70. The van der Waals surface area contributed by atoms with Gasteiger partial charge in [0.2, 0.25) is 0 Å². The quantitative estimate of drug-likeness (QED) is 0.600. The first-order chi connectivity index (χ1) is 15.0. The van der Waals surface area contributed by atoms with Crippen molar-refractivity contribution in [2.24, 2.45) is 0 Å². The summed E-state index contributed by atoms with van der Waals surface area (Å²) in [4.78, 5) is 22.7. The van der Waals surface area contributed by atoms with Crippen LogP contribution in [0.1, 0.15) is 37.6 Å². The number of esters is 1. The highest BCUT2D eigenvalue weighted by atomic mass is 16.7. The van der Waals surface area contributed by atoms with Crippen molar-refractivity contribution in [3.8, 4) is 5.75 Å². The number of nitrogens with zero attached hydrogens (tertiary/aromatic N) is 2. The number of carbonyl (C=O) groups is 1. The number of hydrogen-bond acceptors (Lipinski definition) is 7. The molecule has 1 aromatic heterocycles. The number of allylic oxidation sites excluding steroid dienone is 1. The summed E-state index contributed by atoms with van der Waals surface area (Å²) in [5, 5.41) is 13.1. The fraction of sp³-hybridized carbons (Fsp3) is 0.333. The predicted octanol–water partition coefficient (Wildman–Crippen LogP) is 3.42. The van der Waals surface area contributed by atoms with E-state index in [9.17, 15) is 9.90 Å². The maximum absolute atomic E-state index is 11.8. The Morgan fingerprint density at radius 2 is 2.26 bits per heavy atom. The lowest BCUT2D eigenvalue weighted by atomic mass is 9.98. The first-order valence-electron chi connectivity index (χ1n) is 10.5. The van der Waals surface area contributed by atoms with E-state index in [1.165, 1.54) is 11.1 Å². The summed E-state index contributed by atoms with van der Waals surface area (Å²) in [6, 6.07) is 5.96. The molecule has 3 aliphatic rings. The highest BCUT2D eigenvalue weighted by Crippen LogP contribution is 2.42. The van der Waals surface area contributed by atoms with Crippen molar-refractivity contribution in [1.82, 2.24) is 10.0 Å². The third-order valence-electron chi connectivity index (χ3n) is 6.00. The van der Waals surface area contributed by atoms with Crippen LogP contribution in [0.4, 0.5) is 0 Å². The van der Waals surface area contributed by atoms with Gasteiger partial charge in [-0.15, -0.1) is 0 Å². The number of benzene rings is 1. The Morgan fingerprint density at radius 1 is 1.42 bits per heavy atom. The molecule has 160 valence electrons. The zero-order valence-electron chi connectivity index (χ0n) is 17.8. The maximum atomic E-state index is 11.8. The van der Waals surface area contributed by atoms with Crippen LogP contribution in [0.3, 0.4) is 0 Å². The van der Waals surface area contributed by atoms with Crippen LogP contribution in [0.2, 0.25) is 0 Å². The highest BCUT2D eigenvalue weighted by molar-refractivity contribution is 5.89. The topological polar surface area (TPSA) is 81.1 Å². The molecule has 0 spiro atoms. The molecule has 1 N–H and O–H groups in total. The number of aromatic nitrogens is 1. The van der Waals surface area contributed by atoms with Crippen molar-refractivity contribution in [2.75, 3.05) is 13.2 Å². The molecule has 2 aromatic rings.